The van der Waals surface area contributed by atoms with Crippen molar-refractivity contribution in [1.29, 1.82) is 0 Å². The lowest BCUT2D eigenvalue weighted by molar-refractivity contribution is -0.150. The van der Waals surface area contributed by atoms with Crippen LogP contribution in [-0.2, 0) is 14.3 Å². The molecule has 0 aromatic heterocycles. The summed E-state index contributed by atoms with van der Waals surface area (Å²) >= 11 is 1.83. The number of carbonyl (C=O) groups excluding carboxylic acids is 2. The fraction of sp³-hybridized carbons (Fsp3) is 0.833. The van der Waals surface area contributed by atoms with Gasteiger partial charge in [-0.25, -0.2) is 0 Å². The highest BCUT2D eigenvalue weighted by Gasteiger charge is 2.38. The molecule has 0 aromatic rings. The molecule has 1 heterocycles. The Morgan fingerprint density at radius 3 is 2.65 bits per heavy atom. The maximum absolute atomic E-state index is 12.3. The number of hydrogen-bond acceptors (Lipinski definition) is 4. The van der Waals surface area contributed by atoms with Gasteiger partial charge in [0.15, 0.2) is 0 Å². The van der Waals surface area contributed by atoms with E-state index in [-0.39, 0.29) is 30.4 Å². The molecule has 0 bridgehead atoms. The minimum absolute atomic E-state index is 0.120. The fourth-order valence-electron chi connectivity index (χ4n) is 2.08. The lowest BCUT2D eigenvalue weighted by Crippen LogP contribution is -2.41. The van der Waals surface area contributed by atoms with Crippen LogP contribution in [0.15, 0.2) is 0 Å². The van der Waals surface area contributed by atoms with E-state index < -0.39 is 0 Å². The van der Waals surface area contributed by atoms with E-state index in [1.807, 2.05) is 11.8 Å². The second-order valence-electron chi connectivity index (χ2n) is 4.56. The lowest BCUT2D eigenvalue weighted by atomic mass is 10.1. The van der Waals surface area contributed by atoms with Gasteiger partial charge in [-0.3, -0.25) is 9.59 Å². The smallest absolute Gasteiger partial charge is 0.325 e. The van der Waals surface area contributed by atoms with Crippen molar-refractivity contribution in [2.24, 2.45) is 5.92 Å². The van der Waals surface area contributed by atoms with Gasteiger partial charge in [-0.15, -0.1) is 0 Å². The highest BCUT2D eigenvalue weighted by Crippen LogP contribution is 2.31. The summed E-state index contributed by atoms with van der Waals surface area (Å²) < 4.78 is 4.93. The minimum Gasteiger partial charge on any atom is -0.465 e. The van der Waals surface area contributed by atoms with E-state index in [9.17, 15) is 9.59 Å². The van der Waals surface area contributed by atoms with E-state index in [1.54, 1.807) is 11.8 Å². The number of esters is 1. The summed E-state index contributed by atoms with van der Waals surface area (Å²) in [6.45, 7) is 2.30. The Bertz CT molecular complexity index is 298. The van der Waals surface area contributed by atoms with Crippen molar-refractivity contribution in [3.05, 3.63) is 0 Å². The molecule has 2 fully saturated rings. The van der Waals surface area contributed by atoms with Gasteiger partial charge in [-0.2, -0.15) is 11.8 Å². The third-order valence-electron chi connectivity index (χ3n) is 3.15. The first-order valence-electron chi connectivity index (χ1n) is 6.26. The number of ether oxygens (including phenoxy) is 1. The zero-order valence-electron chi connectivity index (χ0n) is 10.2. The van der Waals surface area contributed by atoms with Crippen molar-refractivity contribution in [2.75, 3.05) is 24.7 Å². The molecule has 2 rings (SSSR count). The maximum atomic E-state index is 12.3. The van der Waals surface area contributed by atoms with Crippen LogP contribution in [0, 0.1) is 5.92 Å². The average molecular weight is 257 g/mol. The summed E-state index contributed by atoms with van der Waals surface area (Å²) in [5, 5.41) is 0. The van der Waals surface area contributed by atoms with Gasteiger partial charge in [0.25, 0.3) is 0 Å². The number of amides is 1. The molecule has 1 aliphatic heterocycles. The molecule has 96 valence electrons. The monoisotopic (exact) mass is 257 g/mol. The zero-order valence-corrected chi connectivity index (χ0v) is 11.0. The molecule has 0 spiro atoms. The molecule has 0 radical (unpaired) electrons. The van der Waals surface area contributed by atoms with Gasteiger partial charge in [0, 0.05) is 17.7 Å². The Kier molecular flexibility index (Phi) is 4.31. The number of rotatable bonds is 5. The highest BCUT2D eigenvalue weighted by atomic mass is 32.2. The van der Waals surface area contributed by atoms with Gasteiger partial charge in [-0.05, 0) is 31.9 Å². The van der Waals surface area contributed by atoms with E-state index in [0.717, 1.165) is 30.8 Å². The predicted molar refractivity (Wildman–Crippen MR) is 66.8 cm³/mol. The first-order chi connectivity index (χ1) is 8.22. The molecular formula is C12H19NO3S. The molecule has 1 saturated carbocycles. The van der Waals surface area contributed by atoms with Gasteiger partial charge in [0.05, 0.1) is 6.61 Å². The van der Waals surface area contributed by atoms with E-state index in [1.165, 1.54) is 0 Å². The Balaban J connectivity index is 1.91. The molecule has 17 heavy (non-hydrogen) atoms. The molecule has 5 heteroatoms. The minimum atomic E-state index is -0.279. The SMILES string of the molecule is CCOC(=O)CN(C(=O)C1CCSC1)C1CC1. The fourth-order valence-corrected chi connectivity index (χ4v) is 3.29. The summed E-state index contributed by atoms with van der Waals surface area (Å²) in [6.07, 6.45) is 3.02. The van der Waals surface area contributed by atoms with Crippen LogP contribution in [-0.4, -0.2) is 47.5 Å². The number of thioether (sulfide) groups is 1. The van der Waals surface area contributed by atoms with Crippen LogP contribution in [0.2, 0.25) is 0 Å². The third-order valence-corrected chi connectivity index (χ3v) is 4.32. The van der Waals surface area contributed by atoms with Crippen LogP contribution in [0.25, 0.3) is 0 Å². The molecule has 1 aliphatic carbocycles. The van der Waals surface area contributed by atoms with Crippen molar-refractivity contribution < 1.29 is 14.3 Å². The second-order valence-corrected chi connectivity index (χ2v) is 5.71. The summed E-state index contributed by atoms with van der Waals surface area (Å²) in [5.41, 5.74) is 0. The van der Waals surface area contributed by atoms with E-state index in [2.05, 4.69) is 0 Å². The molecule has 1 unspecified atom stereocenters. The molecule has 0 aromatic carbocycles. The van der Waals surface area contributed by atoms with Crippen LogP contribution in [0.4, 0.5) is 0 Å². The van der Waals surface area contributed by atoms with Gasteiger partial charge in [-0.1, -0.05) is 0 Å². The van der Waals surface area contributed by atoms with Gasteiger partial charge in [0.1, 0.15) is 6.54 Å². The molecular weight excluding hydrogens is 238 g/mol. The van der Waals surface area contributed by atoms with Crippen LogP contribution in [0.1, 0.15) is 26.2 Å². The van der Waals surface area contributed by atoms with Crippen molar-refractivity contribution in [3.8, 4) is 0 Å². The molecule has 2 aliphatic rings. The Hall–Kier alpha value is -0.710. The quantitative estimate of drug-likeness (QED) is 0.696. The standard InChI is InChI=1S/C12H19NO3S/c1-2-16-11(14)7-13(10-3-4-10)12(15)9-5-6-17-8-9/h9-10H,2-8H2,1H3. The van der Waals surface area contributed by atoms with Crippen LogP contribution in [0.5, 0.6) is 0 Å². The van der Waals surface area contributed by atoms with Crippen molar-refractivity contribution in [2.45, 2.75) is 32.2 Å². The predicted octanol–water partition coefficient (Wildman–Crippen LogP) is 1.29. The number of hydrogen-bond donors (Lipinski definition) is 0. The van der Waals surface area contributed by atoms with Crippen molar-refractivity contribution in [3.63, 3.8) is 0 Å². The van der Waals surface area contributed by atoms with Crippen LogP contribution in [0.3, 0.4) is 0 Å². The Labute approximate surface area is 106 Å². The Morgan fingerprint density at radius 1 is 1.35 bits per heavy atom. The lowest BCUT2D eigenvalue weighted by Gasteiger charge is -2.24. The summed E-state index contributed by atoms with van der Waals surface area (Å²) in [7, 11) is 0. The average Bonchev–Trinajstić information content (AvgIpc) is 3.00. The molecule has 1 atom stereocenters. The highest BCUT2D eigenvalue weighted by molar-refractivity contribution is 7.99. The van der Waals surface area contributed by atoms with E-state index in [0.29, 0.717) is 6.61 Å². The summed E-state index contributed by atoms with van der Waals surface area (Å²) in [6, 6.07) is 0.289. The third kappa shape index (κ3) is 3.37. The summed E-state index contributed by atoms with van der Waals surface area (Å²) in [4.78, 5) is 25.5. The van der Waals surface area contributed by atoms with E-state index >= 15 is 0 Å². The summed E-state index contributed by atoms with van der Waals surface area (Å²) in [5.74, 6) is 1.97. The van der Waals surface area contributed by atoms with Gasteiger partial charge in [0.2, 0.25) is 5.91 Å². The molecule has 0 N–H and O–H groups in total. The first-order valence-corrected chi connectivity index (χ1v) is 7.41. The molecule has 1 saturated heterocycles. The zero-order chi connectivity index (χ0) is 12.3. The van der Waals surface area contributed by atoms with Crippen molar-refractivity contribution in [1.82, 2.24) is 4.90 Å². The maximum Gasteiger partial charge on any atom is 0.325 e. The largest absolute Gasteiger partial charge is 0.465 e. The second kappa shape index (κ2) is 5.76. The molecule has 4 nitrogen and oxygen atoms in total. The van der Waals surface area contributed by atoms with Crippen LogP contribution < -0.4 is 0 Å². The van der Waals surface area contributed by atoms with Crippen LogP contribution >= 0.6 is 11.8 Å². The van der Waals surface area contributed by atoms with E-state index in [4.69, 9.17) is 4.74 Å². The Morgan fingerprint density at radius 2 is 2.12 bits per heavy atom. The van der Waals surface area contributed by atoms with Crippen molar-refractivity contribution >= 4 is 23.6 Å². The number of nitrogens with zero attached hydrogens (tertiary/aromatic N) is 1. The topological polar surface area (TPSA) is 46.6 Å². The number of carbonyl (C=O) groups is 2. The normalized spacial score (nSPS) is 23.5. The molecule has 1 amide bonds. The van der Waals surface area contributed by atoms with Gasteiger partial charge < -0.3 is 9.64 Å². The van der Waals surface area contributed by atoms with Gasteiger partial charge >= 0.3 is 5.97 Å². The first kappa shape index (κ1) is 12.7.